The molecular weight excluding hydrogens is 416 g/mol. The fourth-order valence-electron chi connectivity index (χ4n) is 5.04. The van der Waals surface area contributed by atoms with E-state index in [2.05, 4.69) is 6.92 Å². The Morgan fingerprint density at radius 1 is 0.939 bits per heavy atom. The second-order valence-corrected chi connectivity index (χ2v) is 9.40. The third-order valence-corrected chi connectivity index (χ3v) is 7.09. The van der Waals surface area contributed by atoms with Crippen molar-refractivity contribution in [2.45, 2.75) is 58.2 Å². The Kier molecular flexibility index (Phi) is 6.91. The summed E-state index contributed by atoms with van der Waals surface area (Å²) < 4.78 is 11.1. The van der Waals surface area contributed by atoms with Gasteiger partial charge in [-0.05, 0) is 62.3 Å². The van der Waals surface area contributed by atoms with Crippen LogP contribution in [0.4, 0.5) is 0 Å². The molecule has 1 saturated heterocycles. The van der Waals surface area contributed by atoms with Gasteiger partial charge in [-0.2, -0.15) is 0 Å². The van der Waals surface area contributed by atoms with E-state index in [0.29, 0.717) is 29.5 Å². The Balaban J connectivity index is 1.73. The number of carbonyl (C=O) groups excluding carboxylic acids is 2. The molecule has 1 heterocycles. The van der Waals surface area contributed by atoms with E-state index in [1.807, 2.05) is 48.2 Å². The van der Waals surface area contributed by atoms with Crippen LogP contribution in [0.1, 0.15) is 55.3 Å². The van der Waals surface area contributed by atoms with E-state index in [9.17, 15) is 9.59 Å². The molecular formula is C27H34N2O4. The minimum atomic E-state index is -0.753. The van der Waals surface area contributed by atoms with Gasteiger partial charge in [-0.25, -0.2) is 0 Å². The predicted molar refractivity (Wildman–Crippen MR) is 127 cm³/mol. The number of methoxy groups -OCH3 is 2. The van der Waals surface area contributed by atoms with Crippen LogP contribution in [-0.4, -0.2) is 48.4 Å². The first kappa shape index (κ1) is 23.1. The largest absolute Gasteiger partial charge is 0.497 e. The van der Waals surface area contributed by atoms with Crippen molar-refractivity contribution >= 4 is 11.8 Å². The highest BCUT2D eigenvalue weighted by atomic mass is 16.5. The number of benzene rings is 2. The molecule has 1 saturated carbocycles. The molecule has 0 spiro atoms. The number of rotatable bonds is 6. The van der Waals surface area contributed by atoms with Gasteiger partial charge in [0.05, 0.1) is 14.2 Å². The molecule has 2 aromatic carbocycles. The quantitative estimate of drug-likeness (QED) is 0.650. The molecule has 2 aromatic rings. The summed E-state index contributed by atoms with van der Waals surface area (Å²) in [4.78, 5) is 31.1. The van der Waals surface area contributed by atoms with Gasteiger partial charge in [-0.1, -0.05) is 36.8 Å². The van der Waals surface area contributed by atoms with E-state index in [4.69, 9.17) is 9.47 Å². The van der Waals surface area contributed by atoms with Gasteiger partial charge >= 0.3 is 0 Å². The van der Waals surface area contributed by atoms with Crippen LogP contribution < -0.4 is 9.47 Å². The Morgan fingerprint density at radius 2 is 1.64 bits per heavy atom. The highest BCUT2D eigenvalue weighted by Crippen LogP contribution is 2.39. The molecule has 0 bridgehead atoms. The smallest absolute Gasteiger partial charge is 0.250 e. The summed E-state index contributed by atoms with van der Waals surface area (Å²) in [7, 11) is 3.18. The van der Waals surface area contributed by atoms with Gasteiger partial charge in [-0.15, -0.1) is 0 Å². The summed E-state index contributed by atoms with van der Waals surface area (Å²) in [5.41, 5.74) is 2.81. The maximum absolute atomic E-state index is 14.0. The molecule has 0 unspecified atom stereocenters. The Labute approximate surface area is 196 Å². The monoisotopic (exact) mass is 450 g/mol. The van der Waals surface area contributed by atoms with Crippen LogP contribution in [0.25, 0.3) is 0 Å². The van der Waals surface area contributed by atoms with Crippen LogP contribution in [0.3, 0.4) is 0 Å². The molecule has 2 fully saturated rings. The number of hydrogen-bond donors (Lipinski definition) is 0. The van der Waals surface area contributed by atoms with E-state index in [-0.39, 0.29) is 24.4 Å². The second-order valence-electron chi connectivity index (χ2n) is 9.40. The van der Waals surface area contributed by atoms with E-state index in [1.54, 1.807) is 25.2 Å². The van der Waals surface area contributed by atoms with Crippen LogP contribution in [-0.2, 0) is 16.1 Å². The minimum Gasteiger partial charge on any atom is -0.497 e. The zero-order valence-electron chi connectivity index (χ0n) is 20.0. The molecule has 2 amide bonds. The Morgan fingerprint density at radius 3 is 2.27 bits per heavy atom. The van der Waals surface area contributed by atoms with E-state index in [1.165, 1.54) is 0 Å². The normalized spacial score (nSPS) is 23.6. The molecule has 1 aliphatic heterocycles. The number of amides is 2. The molecule has 4 rings (SSSR count). The standard InChI is InChI=1S/C27H34N2O4/c1-18-5-9-20(10-6-18)16-29-25(30)17-28(21-11-7-19(2)8-12-21)27(31)26(29)23-15-22(32-3)13-14-24(23)33-4/h5-6,9-10,13-15,19,21,26H,7-8,11-12,16-17H2,1-4H3/t19?,21?,26-/m0/s1. The Hall–Kier alpha value is -3.02. The van der Waals surface area contributed by atoms with Crippen molar-refractivity contribution in [1.82, 2.24) is 9.80 Å². The summed E-state index contributed by atoms with van der Waals surface area (Å²) >= 11 is 0. The van der Waals surface area contributed by atoms with Crippen molar-refractivity contribution in [3.8, 4) is 11.5 Å². The SMILES string of the molecule is COc1ccc(OC)c([C@H]2C(=O)N(C3CCC(C)CC3)CC(=O)N2Cc2ccc(C)cc2)c1. The van der Waals surface area contributed by atoms with Crippen LogP contribution in [0.15, 0.2) is 42.5 Å². The van der Waals surface area contributed by atoms with Crippen LogP contribution in [0.2, 0.25) is 0 Å². The van der Waals surface area contributed by atoms with Crippen molar-refractivity contribution in [3.63, 3.8) is 0 Å². The first-order valence-electron chi connectivity index (χ1n) is 11.8. The lowest BCUT2D eigenvalue weighted by molar-refractivity contribution is -0.160. The van der Waals surface area contributed by atoms with Crippen LogP contribution in [0, 0.1) is 12.8 Å². The lowest BCUT2D eigenvalue weighted by Crippen LogP contribution is -2.58. The van der Waals surface area contributed by atoms with Crippen molar-refractivity contribution < 1.29 is 19.1 Å². The molecule has 176 valence electrons. The summed E-state index contributed by atoms with van der Waals surface area (Å²) in [6.07, 6.45) is 4.06. The van der Waals surface area contributed by atoms with Gasteiger partial charge in [0, 0.05) is 18.2 Å². The van der Waals surface area contributed by atoms with Gasteiger partial charge in [0.2, 0.25) is 5.91 Å². The third-order valence-electron chi connectivity index (χ3n) is 7.09. The zero-order chi connectivity index (χ0) is 23.5. The van der Waals surface area contributed by atoms with Crippen molar-refractivity contribution in [2.24, 2.45) is 5.92 Å². The molecule has 2 aliphatic rings. The molecule has 1 atom stereocenters. The van der Waals surface area contributed by atoms with Gasteiger partial charge < -0.3 is 19.3 Å². The molecule has 6 nitrogen and oxygen atoms in total. The van der Waals surface area contributed by atoms with Crippen LogP contribution >= 0.6 is 0 Å². The topological polar surface area (TPSA) is 59.1 Å². The summed E-state index contributed by atoms with van der Waals surface area (Å²) in [5, 5.41) is 0. The maximum Gasteiger partial charge on any atom is 0.250 e. The lowest BCUT2D eigenvalue weighted by Gasteiger charge is -2.45. The van der Waals surface area contributed by atoms with Crippen LogP contribution in [0.5, 0.6) is 11.5 Å². The fourth-order valence-corrected chi connectivity index (χ4v) is 5.04. The molecule has 1 aliphatic carbocycles. The number of piperazine rings is 1. The number of nitrogens with zero attached hydrogens (tertiary/aromatic N) is 2. The lowest BCUT2D eigenvalue weighted by atomic mass is 9.85. The molecule has 0 aromatic heterocycles. The molecule has 33 heavy (non-hydrogen) atoms. The zero-order valence-corrected chi connectivity index (χ0v) is 20.0. The maximum atomic E-state index is 14.0. The Bertz CT molecular complexity index is 996. The number of ether oxygens (including phenoxy) is 2. The average molecular weight is 451 g/mol. The summed E-state index contributed by atoms with van der Waals surface area (Å²) in [6, 6.07) is 12.9. The van der Waals surface area contributed by atoms with Crippen molar-refractivity contribution in [2.75, 3.05) is 20.8 Å². The third kappa shape index (κ3) is 4.85. The van der Waals surface area contributed by atoms with E-state index in [0.717, 1.165) is 36.8 Å². The highest BCUT2D eigenvalue weighted by molar-refractivity contribution is 5.96. The number of carbonyl (C=O) groups is 2. The van der Waals surface area contributed by atoms with Gasteiger partial charge in [0.1, 0.15) is 24.1 Å². The summed E-state index contributed by atoms with van der Waals surface area (Å²) in [6.45, 7) is 4.79. The fraction of sp³-hybridized carbons (Fsp3) is 0.481. The van der Waals surface area contributed by atoms with E-state index < -0.39 is 6.04 Å². The molecule has 0 radical (unpaired) electrons. The number of hydrogen-bond acceptors (Lipinski definition) is 4. The molecule has 6 heteroatoms. The summed E-state index contributed by atoms with van der Waals surface area (Å²) in [5.74, 6) is 1.81. The first-order valence-corrected chi connectivity index (χ1v) is 11.8. The van der Waals surface area contributed by atoms with Gasteiger partial charge in [-0.3, -0.25) is 9.59 Å². The average Bonchev–Trinajstić information content (AvgIpc) is 2.83. The second kappa shape index (κ2) is 9.86. The van der Waals surface area contributed by atoms with Gasteiger partial charge in [0.25, 0.3) is 5.91 Å². The molecule has 0 N–H and O–H groups in total. The van der Waals surface area contributed by atoms with Crippen molar-refractivity contribution in [3.05, 3.63) is 59.2 Å². The highest BCUT2D eigenvalue weighted by Gasteiger charge is 2.44. The van der Waals surface area contributed by atoms with E-state index >= 15 is 0 Å². The number of aryl methyl sites for hydroxylation is 1. The first-order chi connectivity index (χ1) is 15.9. The minimum absolute atomic E-state index is 0.0344. The predicted octanol–water partition coefficient (Wildman–Crippen LogP) is 4.50. The van der Waals surface area contributed by atoms with Crippen molar-refractivity contribution in [1.29, 1.82) is 0 Å². The van der Waals surface area contributed by atoms with Gasteiger partial charge in [0.15, 0.2) is 0 Å².